The van der Waals surface area contributed by atoms with E-state index in [0.29, 0.717) is 0 Å². The van der Waals surface area contributed by atoms with Gasteiger partial charge in [0, 0.05) is 5.70 Å². The molecule has 0 aliphatic carbocycles. The van der Waals surface area contributed by atoms with E-state index in [9.17, 15) is 4.39 Å². The van der Waals surface area contributed by atoms with Crippen LogP contribution in [0.1, 0.15) is 6.92 Å². The van der Waals surface area contributed by atoms with E-state index in [1.54, 1.807) is 0 Å². The van der Waals surface area contributed by atoms with Crippen molar-refractivity contribution < 1.29 is 4.39 Å². The van der Waals surface area contributed by atoms with Crippen LogP contribution in [0.25, 0.3) is 0 Å². The molecule has 0 spiro atoms. The molecule has 0 bridgehead atoms. The van der Waals surface area contributed by atoms with Crippen molar-refractivity contribution in [2.45, 2.75) is 13.1 Å². The van der Waals surface area contributed by atoms with Crippen molar-refractivity contribution in [3.8, 4) is 0 Å². The number of allylic oxidation sites excluding steroid dienone is 3. The number of alkyl halides is 1. The summed E-state index contributed by atoms with van der Waals surface area (Å²) in [7, 11) is 0. The molecule has 2 heteroatoms. The molecule has 0 rings (SSSR count). The number of rotatable bonds is 2. The molecule has 0 aliphatic heterocycles. The Morgan fingerprint density at radius 1 is 1.88 bits per heavy atom. The quantitative estimate of drug-likeness (QED) is 0.540. The molecule has 0 aromatic carbocycles. The van der Waals surface area contributed by atoms with Crippen LogP contribution >= 0.6 is 0 Å². The topological polar surface area (TPSA) is 26.0 Å². The van der Waals surface area contributed by atoms with Gasteiger partial charge in [0.15, 0.2) is 0 Å². The monoisotopic (exact) mass is 115 g/mol. The molecule has 0 amide bonds. The number of halogens is 1. The molecule has 0 aromatic rings. The second-order valence-corrected chi connectivity index (χ2v) is 1.52. The second-order valence-electron chi connectivity index (χ2n) is 1.52. The normalized spacial score (nSPS) is 15.5. The van der Waals surface area contributed by atoms with Crippen LogP contribution in [0.3, 0.4) is 0 Å². The maximum atomic E-state index is 12.0. The van der Waals surface area contributed by atoms with Gasteiger partial charge in [-0.2, -0.15) is 0 Å². The summed E-state index contributed by atoms with van der Waals surface area (Å²) >= 11 is 0. The molecule has 0 radical (unpaired) electrons. The van der Waals surface area contributed by atoms with Gasteiger partial charge in [-0.3, -0.25) is 0 Å². The van der Waals surface area contributed by atoms with Crippen molar-refractivity contribution in [1.82, 2.24) is 0 Å². The molecule has 0 aromatic heterocycles. The number of hydrogen-bond donors (Lipinski definition) is 1. The first-order chi connectivity index (χ1) is 3.68. The third-order valence-corrected chi connectivity index (χ3v) is 0.770. The first-order valence-corrected chi connectivity index (χ1v) is 2.40. The molecular formula is C6H10FN. The van der Waals surface area contributed by atoms with Crippen molar-refractivity contribution in [2.24, 2.45) is 5.73 Å². The van der Waals surface area contributed by atoms with E-state index >= 15 is 0 Å². The van der Waals surface area contributed by atoms with E-state index in [2.05, 4.69) is 6.58 Å². The van der Waals surface area contributed by atoms with Crippen molar-refractivity contribution >= 4 is 0 Å². The Morgan fingerprint density at radius 3 is 2.50 bits per heavy atom. The lowest BCUT2D eigenvalue weighted by Gasteiger charge is -1.97. The summed E-state index contributed by atoms with van der Waals surface area (Å²) < 4.78 is 12.0. The highest BCUT2D eigenvalue weighted by molar-refractivity contribution is 5.09. The van der Waals surface area contributed by atoms with Gasteiger partial charge < -0.3 is 5.73 Å². The molecule has 1 atom stereocenters. The maximum Gasteiger partial charge on any atom is 0.136 e. The summed E-state index contributed by atoms with van der Waals surface area (Å²) in [6.45, 7) is 4.74. The minimum Gasteiger partial charge on any atom is -0.400 e. The predicted molar refractivity (Wildman–Crippen MR) is 33.0 cm³/mol. The lowest BCUT2D eigenvalue weighted by Crippen LogP contribution is -2.07. The Hall–Kier alpha value is -0.790. The molecule has 46 valence electrons. The smallest absolute Gasteiger partial charge is 0.136 e. The van der Waals surface area contributed by atoms with Crippen molar-refractivity contribution in [3.05, 3.63) is 24.4 Å². The lowest BCUT2D eigenvalue weighted by molar-refractivity contribution is 0.408. The fraction of sp³-hybridized carbons (Fsp3) is 0.333. The van der Waals surface area contributed by atoms with Gasteiger partial charge in [0.2, 0.25) is 0 Å². The van der Waals surface area contributed by atoms with Crippen LogP contribution < -0.4 is 5.73 Å². The highest BCUT2D eigenvalue weighted by Crippen LogP contribution is 1.96. The minimum atomic E-state index is -1.06. The zero-order chi connectivity index (χ0) is 6.57. The summed E-state index contributed by atoms with van der Waals surface area (Å²) in [6.07, 6.45) is 1.85. The van der Waals surface area contributed by atoms with Crippen LogP contribution in [0.4, 0.5) is 4.39 Å². The molecule has 0 saturated carbocycles. The molecule has 1 unspecified atom stereocenters. The first kappa shape index (κ1) is 7.21. The van der Waals surface area contributed by atoms with E-state index in [0.717, 1.165) is 0 Å². The maximum absolute atomic E-state index is 12.0. The Balaban J connectivity index is 3.78. The molecule has 1 nitrogen and oxygen atoms in total. The van der Waals surface area contributed by atoms with Gasteiger partial charge in [0.25, 0.3) is 0 Å². The first-order valence-electron chi connectivity index (χ1n) is 2.40. The third kappa shape index (κ3) is 2.39. The minimum absolute atomic E-state index is 0.222. The van der Waals surface area contributed by atoms with Crippen LogP contribution in [0, 0.1) is 0 Å². The summed E-state index contributed by atoms with van der Waals surface area (Å²) in [4.78, 5) is 0. The van der Waals surface area contributed by atoms with Crippen LogP contribution in [0.15, 0.2) is 24.4 Å². The zero-order valence-electron chi connectivity index (χ0n) is 4.89. The average Bonchev–Trinajstić information content (AvgIpc) is 1.67. The summed E-state index contributed by atoms with van der Waals surface area (Å²) in [5, 5.41) is 0. The Labute approximate surface area is 48.7 Å². The molecule has 0 fully saturated rings. The van der Waals surface area contributed by atoms with E-state index < -0.39 is 6.17 Å². The SMILES string of the molecule is C=C/C=C(/N)C(C)F. The average molecular weight is 115 g/mol. The highest BCUT2D eigenvalue weighted by atomic mass is 19.1. The fourth-order valence-electron chi connectivity index (χ4n) is 0.269. The van der Waals surface area contributed by atoms with Gasteiger partial charge in [-0.05, 0) is 13.0 Å². The Bertz CT molecular complexity index is 105. The Morgan fingerprint density at radius 2 is 2.38 bits per heavy atom. The van der Waals surface area contributed by atoms with Crippen LogP contribution in [-0.2, 0) is 0 Å². The van der Waals surface area contributed by atoms with E-state index in [1.165, 1.54) is 19.1 Å². The van der Waals surface area contributed by atoms with E-state index in [-0.39, 0.29) is 5.70 Å². The van der Waals surface area contributed by atoms with Gasteiger partial charge in [-0.25, -0.2) is 4.39 Å². The van der Waals surface area contributed by atoms with Gasteiger partial charge in [-0.1, -0.05) is 12.7 Å². The summed E-state index contributed by atoms with van der Waals surface area (Å²) in [5.74, 6) is 0. The predicted octanol–water partition coefficient (Wildman–Crippen LogP) is 1.37. The summed E-state index contributed by atoms with van der Waals surface area (Å²) in [6, 6.07) is 0. The van der Waals surface area contributed by atoms with Gasteiger partial charge in [0.1, 0.15) is 6.17 Å². The van der Waals surface area contributed by atoms with Crippen LogP contribution in [0.2, 0.25) is 0 Å². The van der Waals surface area contributed by atoms with Crippen LogP contribution in [0.5, 0.6) is 0 Å². The van der Waals surface area contributed by atoms with Crippen LogP contribution in [-0.4, -0.2) is 6.17 Å². The van der Waals surface area contributed by atoms with Crippen molar-refractivity contribution in [2.75, 3.05) is 0 Å². The molecule has 0 aliphatic rings. The number of nitrogens with two attached hydrogens (primary N) is 1. The molecule has 8 heavy (non-hydrogen) atoms. The van der Waals surface area contributed by atoms with Gasteiger partial charge >= 0.3 is 0 Å². The summed E-state index contributed by atoms with van der Waals surface area (Å²) in [5.41, 5.74) is 5.36. The largest absolute Gasteiger partial charge is 0.400 e. The molecule has 0 saturated heterocycles. The molecule has 0 heterocycles. The molecular weight excluding hydrogens is 105 g/mol. The lowest BCUT2D eigenvalue weighted by atomic mass is 10.3. The van der Waals surface area contributed by atoms with Gasteiger partial charge in [-0.15, -0.1) is 0 Å². The van der Waals surface area contributed by atoms with E-state index in [4.69, 9.17) is 5.73 Å². The highest BCUT2D eigenvalue weighted by Gasteiger charge is 1.97. The third-order valence-electron chi connectivity index (χ3n) is 0.770. The second kappa shape index (κ2) is 3.24. The zero-order valence-corrected chi connectivity index (χ0v) is 4.89. The molecule has 2 N–H and O–H groups in total. The number of hydrogen-bond acceptors (Lipinski definition) is 1. The van der Waals surface area contributed by atoms with Gasteiger partial charge in [0.05, 0.1) is 0 Å². The Kier molecular flexibility index (Phi) is 2.92. The standard InChI is InChI=1S/C6H10FN/c1-3-4-6(8)5(2)7/h3-5H,1,8H2,2H3/b6-4+. The van der Waals surface area contributed by atoms with Crippen molar-refractivity contribution in [1.29, 1.82) is 0 Å². The fourth-order valence-corrected chi connectivity index (χ4v) is 0.269. The van der Waals surface area contributed by atoms with E-state index in [1.807, 2.05) is 0 Å². The van der Waals surface area contributed by atoms with Crippen molar-refractivity contribution in [3.63, 3.8) is 0 Å².